The summed E-state index contributed by atoms with van der Waals surface area (Å²) in [5.41, 5.74) is 7.96. The van der Waals surface area contributed by atoms with E-state index in [1.165, 1.54) is 11.3 Å². The average molecular weight is 311 g/mol. The minimum atomic E-state index is -0.108. The highest BCUT2D eigenvalue weighted by Crippen LogP contribution is 2.26. The predicted molar refractivity (Wildman–Crippen MR) is 75.6 cm³/mol. The zero-order valence-electron chi connectivity index (χ0n) is 9.16. The van der Waals surface area contributed by atoms with Crippen LogP contribution in [0, 0.1) is 6.92 Å². The molecule has 0 spiro atoms. The number of thiophene rings is 1. The van der Waals surface area contributed by atoms with E-state index in [0.29, 0.717) is 11.4 Å². The Morgan fingerprint density at radius 3 is 2.82 bits per heavy atom. The summed E-state index contributed by atoms with van der Waals surface area (Å²) in [5.74, 6) is -0.108. The third-order valence-corrected chi connectivity index (χ3v) is 4.01. The first kappa shape index (κ1) is 12.1. The number of carbonyl (C=O) groups excluding carboxylic acids is 1. The Bertz CT molecular complexity index is 565. The molecule has 3 nitrogen and oxygen atoms in total. The van der Waals surface area contributed by atoms with Crippen molar-refractivity contribution < 1.29 is 4.79 Å². The van der Waals surface area contributed by atoms with Crippen LogP contribution in [0.25, 0.3) is 0 Å². The summed E-state index contributed by atoms with van der Waals surface area (Å²) in [7, 11) is 0. The lowest BCUT2D eigenvalue weighted by atomic mass is 10.2. The van der Waals surface area contributed by atoms with Gasteiger partial charge in [0.25, 0.3) is 5.91 Å². The highest BCUT2D eigenvalue weighted by Gasteiger charge is 2.12. The van der Waals surface area contributed by atoms with Gasteiger partial charge >= 0.3 is 0 Å². The van der Waals surface area contributed by atoms with Crippen LogP contribution >= 0.6 is 27.3 Å². The molecule has 0 fully saturated rings. The van der Waals surface area contributed by atoms with Gasteiger partial charge in [-0.25, -0.2) is 0 Å². The van der Waals surface area contributed by atoms with Gasteiger partial charge in [0, 0.05) is 10.2 Å². The van der Waals surface area contributed by atoms with Gasteiger partial charge in [0.1, 0.15) is 0 Å². The van der Waals surface area contributed by atoms with Crippen LogP contribution in [0.4, 0.5) is 11.4 Å². The van der Waals surface area contributed by atoms with Crippen molar-refractivity contribution in [1.82, 2.24) is 0 Å². The van der Waals surface area contributed by atoms with Crippen molar-refractivity contribution in [2.24, 2.45) is 0 Å². The Morgan fingerprint density at radius 2 is 2.18 bits per heavy atom. The number of nitrogen functional groups attached to an aromatic ring is 1. The van der Waals surface area contributed by atoms with E-state index in [1.807, 2.05) is 24.4 Å². The molecule has 5 heteroatoms. The molecule has 2 rings (SSSR count). The monoisotopic (exact) mass is 310 g/mol. The maximum Gasteiger partial charge on any atom is 0.266 e. The van der Waals surface area contributed by atoms with Crippen molar-refractivity contribution in [2.75, 3.05) is 11.1 Å². The first-order valence-electron chi connectivity index (χ1n) is 4.98. The van der Waals surface area contributed by atoms with Gasteiger partial charge in [-0.3, -0.25) is 4.79 Å². The van der Waals surface area contributed by atoms with Gasteiger partial charge < -0.3 is 11.1 Å². The quantitative estimate of drug-likeness (QED) is 0.832. The Hall–Kier alpha value is -1.33. The number of halogens is 1. The lowest BCUT2D eigenvalue weighted by molar-refractivity contribution is 0.103. The van der Waals surface area contributed by atoms with E-state index in [9.17, 15) is 4.79 Å². The molecule has 1 aromatic heterocycles. The van der Waals surface area contributed by atoms with Crippen molar-refractivity contribution in [3.8, 4) is 0 Å². The van der Waals surface area contributed by atoms with Crippen LogP contribution in [0.15, 0.2) is 34.1 Å². The van der Waals surface area contributed by atoms with E-state index >= 15 is 0 Å². The molecule has 0 aliphatic carbocycles. The fourth-order valence-corrected chi connectivity index (χ4v) is 2.59. The van der Waals surface area contributed by atoms with Crippen LogP contribution in [-0.4, -0.2) is 5.91 Å². The van der Waals surface area contributed by atoms with Crippen LogP contribution in [0.2, 0.25) is 0 Å². The maximum atomic E-state index is 12.0. The Kier molecular flexibility index (Phi) is 3.49. The Morgan fingerprint density at radius 1 is 1.41 bits per heavy atom. The standard InChI is InChI=1S/C12H11BrN2OS/c1-7-4-5-17-11(7)12(16)15-10-6-8(14)2-3-9(10)13/h2-6H,14H2,1H3,(H,15,16). The van der Waals surface area contributed by atoms with Crippen LogP contribution in [0.3, 0.4) is 0 Å². The SMILES string of the molecule is Cc1ccsc1C(=O)Nc1cc(N)ccc1Br. The highest BCUT2D eigenvalue weighted by molar-refractivity contribution is 9.10. The first-order chi connectivity index (χ1) is 8.08. The molecule has 1 heterocycles. The van der Waals surface area contributed by atoms with Gasteiger partial charge in [-0.15, -0.1) is 11.3 Å². The fraction of sp³-hybridized carbons (Fsp3) is 0.0833. The average Bonchev–Trinajstić information content (AvgIpc) is 2.70. The van der Waals surface area contributed by atoms with Gasteiger partial charge in [-0.1, -0.05) is 0 Å². The molecule has 0 bridgehead atoms. The fourth-order valence-electron chi connectivity index (χ4n) is 1.42. The van der Waals surface area contributed by atoms with Gasteiger partial charge in [0.2, 0.25) is 0 Å². The molecular weight excluding hydrogens is 300 g/mol. The van der Waals surface area contributed by atoms with E-state index in [0.717, 1.165) is 14.9 Å². The largest absolute Gasteiger partial charge is 0.399 e. The molecule has 88 valence electrons. The third-order valence-electron chi connectivity index (χ3n) is 2.31. The van der Waals surface area contributed by atoms with Gasteiger partial charge in [0.05, 0.1) is 10.6 Å². The van der Waals surface area contributed by atoms with Crippen LogP contribution in [0.5, 0.6) is 0 Å². The molecule has 0 radical (unpaired) electrons. The molecule has 0 saturated heterocycles. The van der Waals surface area contributed by atoms with Crippen molar-refractivity contribution in [1.29, 1.82) is 0 Å². The van der Waals surface area contributed by atoms with Crippen LogP contribution in [-0.2, 0) is 0 Å². The molecule has 1 aromatic carbocycles. The number of amides is 1. The summed E-state index contributed by atoms with van der Waals surface area (Å²) in [5, 5.41) is 4.74. The summed E-state index contributed by atoms with van der Waals surface area (Å²) in [6, 6.07) is 7.24. The lowest BCUT2D eigenvalue weighted by Crippen LogP contribution is -2.11. The topological polar surface area (TPSA) is 55.1 Å². The summed E-state index contributed by atoms with van der Waals surface area (Å²) < 4.78 is 0.814. The van der Waals surface area contributed by atoms with E-state index < -0.39 is 0 Å². The second kappa shape index (κ2) is 4.89. The number of rotatable bonds is 2. The molecule has 3 N–H and O–H groups in total. The molecule has 1 amide bonds. The molecule has 0 atom stereocenters. The number of anilines is 2. The third kappa shape index (κ3) is 2.68. The molecule has 17 heavy (non-hydrogen) atoms. The Balaban J connectivity index is 2.24. The molecule has 2 aromatic rings. The van der Waals surface area contributed by atoms with Crippen molar-refractivity contribution in [2.45, 2.75) is 6.92 Å². The first-order valence-corrected chi connectivity index (χ1v) is 6.65. The zero-order chi connectivity index (χ0) is 12.4. The van der Waals surface area contributed by atoms with Gasteiger partial charge in [-0.2, -0.15) is 0 Å². The Labute approximate surface area is 112 Å². The molecule has 0 unspecified atom stereocenters. The van der Waals surface area contributed by atoms with Gasteiger partial charge in [0.15, 0.2) is 0 Å². The molecule has 0 aliphatic heterocycles. The number of nitrogens with two attached hydrogens (primary N) is 1. The van der Waals surface area contributed by atoms with E-state index in [4.69, 9.17) is 5.73 Å². The minimum Gasteiger partial charge on any atom is -0.399 e. The number of carbonyl (C=O) groups is 1. The zero-order valence-corrected chi connectivity index (χ0v) is 11.6. The summed E-state index contributed by atoms with van der Waals surface area (Å²) >= 11 is 4.80. The number of nitrogens with one attached hydrogen (secondary N) is 1. The number of hydrogen-bond acceptors (Lipinski definition) is 3. The molecule has 0 saturated carbocycles. The van der Waals surface area contributed by atoms with E-state index in [2.05, 4.69) is 21.2 Å². The summed E-state index contributed by atoms with van der Waals surface area (Å²) in [6.45, 7) is 1.92. The van der Waals surface area contributed by atoms with E-state index in [1.54, 1.807) is 12.1 Å². The summed E-state index contributed by atoms with van der Waals surface area (Å²) in [6.07, 6.45) is 0. The summed E-state index contributed by atoms with van der Waals surface area (Å²) in [4.78, 5) is 12.7. The normalized spacial score (nSPS) is 10.2. The second-order valence-corrected chi connectivity index (χ2v) is 5.40. The minimum absolute atomic E-state index is 0.108. The number of aryl methyl sites for hydroxylation is 1. The highest BCUT2D eigenvalue weighted by atomic mass is 79.9. The lowest BCUT2D eigenvalue weighted by Gasteiger charge is -2.07. The smallest absolute Gasteiger partial charge is 0.266 e. The van der Waals surface area contributed by atoms with Crippen molar-refractivity contribution in [3.63, 3.8) is 0 Å². The number of hydrogen-bond donors (Lipinski definition) is 2. The van der Waals surface area contributed by atoms with E-state index in [-0.39, 0.29) is 5.91 Å². The van der Waals surface area contributed by atoms with Crippen LogP contribution < -0.4 is 11.1 Å². The van der Waals surface area contributed by atoms with Gasteiger partial charge in [-0.05, 0) is 58.1 Å². The van der Waals surface area contributed by atoms with Crippen LogP contribution in [0.1, 0.15) is 15.2 Å². The van der Waals surface area contributed by atoms with Crippen molar-refractivity contribution in [3.05, 3.63) is 44.6 Å². The predicted octanol–water partition coefficient (Wildman–Crippen LogP) is 3.65. The maximum absolute atomic E-state index is 12.0. The second-order valence-electron chi connectivity index (χ2n) is 3.63. The number of benzene rings is 1. The molecular formula is C12H11BrN2OS. The molecule has 0 aliphatic rings. The van der Waals surface area contributed by atoms with Crippen molar-refractivity contribution >= 4 is 44.5 Å².